The number of aliphatic hydroxyl groups is 1. The predicted molar refractivity (Wildman–Crippen MR) is 139 cm³/mol. The van der Waals surface area contributed by atoms with E-state index in [0.717, 1.165) is 40.8 Å². The molecule has 0 bridgehead atoms. The molecule has 0 fully saturated rings. The maximum absolute atomic E-state index is 13.4. The molecule has 33 heavy (non-hydrogen) atoms. The Labute approximate surface area is 201 Å². The normalized spacial score (nSPS) is 18.3. The molecule has 0 saturated heterocycles. The van der Waals surface area contributed by atoms with Crippen molar-refractivity contribution in [1.29, 1.82) is 0 Å². The number of carbonyl (C=O) groups excluding carboxylic acids is 1. The van der Waals surface area contributed by atoms with Gasteiger partial charge in [0.2, 0.25) is 0 Å². The van der Waals surface area contributed by atoms with E-state index in [0.29, 0.717) is 26.1 Å². The quantitative estimate of drug-likeness (QED) is 0.223. The molecule has 3 N–H and O–H groups in total. The largest absolute Gasteiger partial charge is 0.392 e. The number of nitrogens with one attached hydrogen (secondary N) is 2. The maximum Gasteiger partial charge on any atom is 0.250 e. The minimum atomic E-state index is -0.685. The number of rotatable bonds is 13. The lowest BCUT2D eigenvalue weighted by atomic mass is 9.76. The molecule has 182 valence electrons. The molecule has 0 radical (unpaired) electrons. The second-order valence-electron chi connectivity index (χ2n) is 9.20. The molecule has 1 amide bonds. The second-order valence-corrected chi connectivity index (χ2v) is 9.20. The van der Waals surface area contributed by atoms with Crippen molar-refractivity contribution in [3.05, 3.63) is 58.9 Å². The summed E-state index contributed by atoms with van der Waals surface area (Å²) in [5.41, 5.74) is 4.56. The van der Waals surface area contributed by atoms with Crippen molar-refractivity contribution in [1.82, 2.24) is 15.5 Å². The van der Waals surface area contributed by atoms with Crippen LogP contribution in [0.4, 0.5) is 0 Å². The summed E-state index contributed by atoms with van der Waals surface area (Å²) in [6, 6.07) is 0. The van der Waals surface area contributed by atoms with Crippen LogP contribution in [0.25, 0.3) is 0 Å². The van der Waals surface area contributed by atoms with Crippen molar-refractivity contribution in [3.8, 4) is 12.3 Å². The van der Waals surface area contributed by atoms with Crippen LogP contribution in [0.5, 0.6) is 0 Å². The van der Waals surface area contributed by atoms with E-state index < -0.39 is 6.10 Å². The summed E-state index contributed by atoms with van der Waals surface area (Å²) in [7, 11) is 1.88. The Morgan fingerprint density at radius 3 is 2.67 bits per heavy atom. The molecule has 0 aromatic rings. The Kier molecular flexibility index (Phi) is 12.0. The molecule has 0 saturated carbocycles. The number of β-amino-alcohol motifs (C(OH)–C–C–N with tert-alkyl or cyclic N) is 1. The van der Waals surface area contributed by atoms with E-state index in [1.807, 2.05) is 33.0 Å². The van der Waals surface area contributed by atoms with Crippen LogP contribution < -0.4 is 10.6 Å². The minimum Gasteiger partial charge on any atom is -0.392 e. The van der Waals surface area contributed by atoms with Crippen LogP contribution in [0.1, 0.15) is 53.9 Å². The van der Waals surface area contributed by atoms with E-state index in [-0.39, 0.29) is 17.9 Å². The summed E-state index contributed by atoms with van der Waals surface area (Å²) in [6.07, 6.45) is 15.2. The van der Waals surface area contributed by atoms with E-state index in [1.54, 1.807) is 11.0 Å². The fourth-order valence-corrected chi connectivity index (χ4v) is 4.07. The van der Waals surface area contributed by atoms with Gasteiger partial charge >= 0.3 is 0 Å². The zero-order valence-corrected chi connectivity index (χ0v) is 21.4. The molecule has 0 aromatic heterocycles. The van der Waals surface area contributed by atoms with Gasteiger partial charge in [0.1, 0.15) is 0 Å². The summed E-state index contributed by atoms with van der Waals surface area (Å²) >= 11 is 0. The third-order valence-corrected chi connectivity index (χ3v) is 5.93. The van der Waals surface area contributed by atoms with Crippen LogP contribution >= 0.6 is 0 Å². The molecule has 1 aliphatic rings. The first-order valence-corrected chi connectivity index (χ1v) is 11.8. The molecule has 5 heteroatoms. The standard InChI is InChI=1S/C28H43N3O2/c1-9-13-15-25-26(16-21(5)29-8)28(6,7)20-31(27(25)33)19-24(32)18-30-17-23(12-4)22(11-3)14-10-2/h3,9,12-13,16,24,29-30,32H,4,10,14-15,17-20H2,1-2,5-8H3/b13-9-,21-16+,23-22-. The molecule has 1 unspecified atom stereocenters. The Balaban J connectivity index is 2.97. The van der Waals surface area contributed by atoms with Gasteiger partial charge in [0, 0.05) is 55.5 Å². The Morgan fingerprint density at radius 1 is 1.42 bits per heavy atom. The highest BCUT2D eigenvalue weighted by atomic mass is 16.3. The summed E-state index contributed by atoms with van der Waals surface area (Å²) < 4.78 is 0. The summed E-state index contributed by atoms with van der Waals surface area (Å²) in [5, 5.41) is 17.1. The number of hydrogen-bond acceptors (Lipinski definition) is 4. The second kappa shape index (κ2) is 13.9. The third kappa shape index (κ3) is 8.38. The highest BCUT2D eigenvalue weighted by Gasteiger charge is 2.37. The van der Waals surface area contributed by atoms with E-state index in [4.69, 9.17) is 6.42 Å². The van der Waals surface area contributed by atoms with Crippen molar-refractivity contribution in [2.24, 2.45) is 5.41 Å². The van der Waals surface area contributed by atoms with E-state index in [2.05, 4.69) is 50.0 Å². The van der Waals surface area contributed by atoms with Crippen molar-refractivity contribution < 1.29 is 9.90 Å². The maximum atomic E-state index is 13.4. The smallest absolute Gasteiger partial charge is 0.250 e. The van der Waals surface area contributed by atoms with Gasteiger partial charge in [-0.1, -0.05) is 57.9 Å². The Bertz CT molecular complexity index is 853. The molecule has 0 spiro atoms. The van der Waals surface area contributed by atoms with Crippen LogP contribution in [0.3, 0.4) is 0 Å². The van der Waals surface area contributed by atoms with Crippen LogP contribution in [-0.4, -0.2) is 55.2 Å². The number of amides is 1. The number of nitrogens with zero attached hydrogens (tertiary/aromatic N) is 1. The molecule has 1 atom stereocenters. The summed E-state index contributed by atoms with van der Waals surface area (Å²) in [6.45, 7) is 16.0. The Morgan fingerprint density at radius 2 is 2.12 bits per heavy atom. The molecular weight excluding hydrogens is 410 g/mol. The zero-order valence-electron chi connectivity index (χ0n) is 21.4. The van der Waals surface area contributed by atoms with Crippen molar-refractivity contribution in [2.45, 2.75) is 60.0 Å². The zero-order chi connectivity index (χ0) is 25.0. The third-order valence-electron chi connectivity index (χ3n) is 5.93. The van der Waals surface area contributed by atoms with Gasteiger partial charge in [-0.3, -0.25) is 4.79 Å². The van der Waals surface area contributed by atoms with E-state index in [9.17, 15) is 9.90 Å². The topological polar surface area (TPSA) is 64.6 Å². The number of allylic oxidation sites excluding steroid dienone is 5. The van der Waals surface area contributed by atoms with Gasteiger partial charge in [-0.05, 0) is 43.9 Å². The molecule has 1 heterocycles. The number of hydrogen-bond donors (Lipinski definition) is 3. The lowest BCUT2D eigenvalue weighted by Crippen LogP contribution is -2.50. The molecule has 1 aliphatic heterocycles. The molecule has 1 rings (SSSR count). The van der Waals surface area contributed by atoms with Gasteiger partial charge in [-0.15, -0.1) is 6.42 Å². The highest BCUT2D eigenvalue weighted by Crippen LogP contribution is 2.38. The fraction of sp³-hybridized carbons (Fsp3) is 0.536. The lowest BCUT2D eigenvalue weighted by Gasteiger charge is -2.41. The molecule has 5 nitrogen and oxygen atoms in total. The van der Waals surface area contributed by atoms with Gasteiger partial charge in [0.05, 0.1) is 6.10 Å². The first kappa shape index (κ1) is 28.5. The molecule has 0 aliphatic carbocycles. The first-order valence-electron chi connectivity index (χ1n) is 11.8. The summed E-state index contributed by atoms with van der Waals surface area (Å²) in [4.78, 5) is 15.2. The first-order chi connectivity index (χ1) is 15.6. The van der Waals surface area contributed by atoms with Gasteiger partial charge in [0.15, 0.2) is 0 Å². The minimum absolute atomic E-state index is 0.00846. The van der Waals surface area contributed by atoms with Crippen molar-refractivity contribution >= 4 is 5.91 Å². The van der Waals surface area contributed by atoms with E-state index >= 15 is 0 Å². The van der Waals surface area contributed by atoms with Crippen LogP contribution in [0, 0.1) is 17.8 Å². The highest BCUT2D eigenvalue weighted by molar-refractivity contribution is 5.96. The van der Waals surface area contributed by atoms with Crippen LogP contribution in [0.2, 0.25) is 0 Å². The average Bonchev–Trinajstić information content (AvgIpc) is 2.78. The van der Waals surface area contributed by atoms with Crippen LogP contribution in [0.15, 0.2) is 58.9 Å². The Hall–Kier alpha value is -2.55. The van der Waals surface area contributed by atoms with Crippen LogP contribution in [-0.2, 0) is 4.79 Å². The van der Waals surface area contributed by atoms with Gasteiger partial charge in [-0.25, -0.2) is 0 Å². The monoisotopic (exact) mass is 453 g/mol. The summed E-state index contributed by atoms with van der Waals surface area (Å²) in [5.74, 6) is 2.74. The van der Waals surface area contributed by atoms with Gasteiger partial charge in [-0.2, -0.15) is 0 Å². The molecule has 0 aromatic carbocycles. The number of aliphatic hydroxyl groups excluding tert-OH is 1. The fourth-order valence-electron chi connectivity index (χ4n) is 4.07. The van der Waals surface area contributed by atoms with Gasteiger partial charge < -0.3 is 20.6 Å². The molecular formula is C28H43N3O2. The van der Waals surface area contributed by atoms with Crippen molar-refractivity contribution in [3.63, 3.8) is 0 Å². The van der Waals surface area contributed by atoms with Crippen molar-refractivity contribution in [2.75, 3.05) is 33.2 Å². The average molecular weight is 454 g/mol. The number of carbonyl (C=O) groups is 1. The number of terminal acetylenes is 1. The predicted octanol–water partition coefficient (Wildman–Crippen LogP) is 4.11. The van der Waals surface area contributed by atoms with Gasteiger partial charge in [0.25, 0.3) is 5.91 Å². The lowest BCUT2D eigenvalue weighted by molar-refractivity contribution is -0.131. The van der Waals surface area contributed by atoms with E-state index in [1.165, 1.54) is 0 Å². The SMILES string of the molecule is C#C/C(CCC)=C(\C=C)CNCC(O)CN1CC(C)(C)C(/C=C(\C)NC)=C(C/C=C\C)C1=O.